The van der Waals surface area contributed by atoms with Crippen LogP contribution in [0.4, 0.5) is 0 Å². The van der Waals surface area contributed by atoms with Gasteiger partial charge < -0.3 is 24.1 Å². The molecule has 0 aromatic heterocycles. The summed E-state index contributed by atoms with van der Waals surface area (Å²) in [6, 6.07) is 14.6. The molecular weight excluding hydrogens is 973 g/mol. The lowest BCUT2D eigenvalue weighted by molar-refractivity contribution is 0.0696. The molecule has 79 heavy (non-hydrogen) atoms. The van der Waals surface area contributed by atoms with Crippen molar-refractivity contribution in [2.75, 3.05) is 26.4 Å². The van der Waals surface area contributed by atoms with E-state index in [1.54, 1.807) is 24.3 Å². The number of carboxylic acid groups (broad SMARTS) is 1. The minimum Gasteiger partial charge on any atom is -0.492 e. The third kappa shape index (κ3) is 33.4. The number of hydrogen-bond acceptors (Lipinski definition) is 5. The van der Waals surface area contributed by atoms with Gasteiger partial charge in [0, 0.05) is 29.8 Å². The van der Waals surface area contributed by atoms with Crippen LogP contribution >= 0.6 is 0 Å². The number of hydrogen-bond donors (Lipinski definition) is 1. The van der Waals surface area contributed by atoms with Crippen LogP contribution in [0.25, 0.3) is 0 Å². The lowest BCUT2D eigenvalue weighted by Crippen LogP contribution is -2.04. The second kappa shape index (κ2) is 47.8. The molecule has 0 amide bonds. The molecule has 0 aliphatic heterocycles. The lowest BCUT2D eigenvalue weighted by Gasteiger charge is -2.15. The van der Waals surface area contributed by atoms with Crippen LogP contribution in [-0.2, 0) is 0 Å². The molecule has 3 rings (SSSR count). The molecule has 438 valence electrons. The highest BCUT2D eigenvalue weighted by Gasteiger charge is 2.14. The van der Waals surface area contributed by atoms with E-state index in [0.717, 1.165) is 62.5 Å². The summed E-state index contributed by atoms with van der Waals surface area (Å²) >= 11 is 0. The minimum atomic E-state index is -0.962. The number of aromatic carboxylic acids is 1. The Hall–Kier alpha value is -4.99. The summed E-state index contributed by atoms with van der Waals surface area (Å²) in [4.78, 5) is 11.6. The molecule has 0 spiro atoms. The van der Waals surface area contributed by atoms with Gasteiger partial charge in [-0.15, -0.1) is 6.42 Å². The monoisotopic (exact) mass is 1080 g/mol. The van der Waals surface area contributed by atoms with Gasteiger partial charge in [-0.05, 0) is 49.9 Å². The summed E-state index contributed by atoms with van der Waals surface area (Å²) in [5.74, 6) is 18.3. The molecule has 3 aromatic rings. The summed E-state index contributed by atoms with van der Waals surface area (Å²) in [7, 11) is 0. The highest BCUT2D eigenvalue weighted by atomic mass is 16.5. The fraction of sp³-hybridized carbons (Fsp3) is 0.658. The summed E-state index contributed by atoms with van der Waals surface area (Å²) in [6.45, 7) is 11.4. The van der Waals surface area contributed by atoms with Crippen molar-refractivity contribution >= 4 is 5.97 Å². The van der Waals surface area contributed by atoms with Crippen molar-refractivity contribution in [1.82, 2.24) is 0 Å². The number of benzene rings is 3. The summed E-state index contributed by atoms with van der Waals surface area (Å²) < 4.78 is 26.4. The van der Waals surface area contributed by atoms with E-state index >= 15 is 0 Å². The van der Waals surface area contributed by atoms with Crippen molar-refractivity contribution in [3.8, 4) is 59.0 Å². The number of carboxylic acids is 1. The average Bonchev–Trinajstić information content (AvgIpc) is 3.47. The zero-order chi connectivity index (χ0) is 56.5. The van der Waals surface area contributed by atoms with Gasteiger partial charge in [0.15, 0.2) is 0 Å². The standard InChI is InChI=1S/C73H110O6/c1-6-11-15-19-23-27-31-35-39-43-55-76-69-60-67(70(59-64(69)10-5)77-56-44-40-36-32-28-24-20-16-12-7-2)53-54-68-62-71(78-57-45-41-37-33-29-25-21-17-13-8-3)66(52-49-63-47-50-65(51-48-63)73(74)75)61-72(68)79-58-46-42-38-34-30-26-22-18-14-9-4/h5,47-48,50-51,59-62H,6-9,11-46,55-58H2,1-4H3,(H,74,75). The Balaban J connectivity index is 1.95. The maximum atomic E-state index is 11.6. The van der Waals surface area contributed by atoms with Crippen LogP contribution in [0.1, 0.15) is 323 Å². The highest BCUT2D eigenvalue weighted by Crippen LogP contribution is 2.32. The number of terminal acetylenes is 1. The van der Waals surface area contributed by atoms with Crippen LogP contribution in [0, 0.1) is 36.0 Å². The Morgan fingerprint density at radius 3 is 0.823 bits per heavy atom. The van der Waals surface area contributed by atoms with Gasteiger partial charge >= 0.3 is 5.97 Å². The molecule has 6 nitrogen and oxygen atoms in total. The first-order valence-corrected chi connectivity index (χ1v) is 32.6. The fourth-order valence-corrected chi connectivity index (χ4v) is 10.1. The van der Waals surface area contributed by atoms with E-state index in [1.165, 1.54) is 205 Å². The Morgan fingerprint density at radius 1 is 0.342 bits per heavy atom. The zero-order valence-corrected chi connectivity index (χ0v) is 50.8. The van der Waals surface area contributed by atoms with E-state index in [2.05, 4.69) is 57.3 Å². The number of carbonyl (C=O) groups is 1. The maximum Gasteiger partial charge on any atom is 0.335 e. The molecule has 6 heteroatoms. The van der Waals surface area contributed by atoms with Crippen molar-refractivity contribution in [2.24, 2.45) is 0 Å². The van der Waals surface area contributed by atoms with Crippen LogP contribution in [0.3, 0.4) is 0 Å². The Labute approximate surface area is 484 Å². The zero-order valence-electron chi connectivity index (χ0n) is 50.8. The molecule has 0 heterocycles. The molecule has 0 fully saturated rings. The van der Waals surface area contributed by atoms with Gasteiger partial charge in [0.05, 0.1) is 54.2 Å². The third-order valence-corrected chi connectivity index (χ3v) is 15.1. The average molecular weight is 1080 g/mol. The van der Waals surface area contributed by atoms with Crippen LogP contribution in [0.15, 0.2) is 48.5 Å². The predicted molar refractivity (Wildman–Crippen MR) is 336 cm³/mol. The Morgan fingerprint density at radius 2 is 0.570 bits per heavy atom. The van der Waals surface area contributed by atoms with Crippen molar-refractivity contribution in [2.45, 2.75) is 285 Å². The van der Waals surface area contributed by atoms with E-state index in [1.807, 2.05) is 24.3 Å². The van der Waals surface area contributed by atoms with Crippen molar-refractivity contribution in [1.29, 1.82) is 0 Å². The van der Waals surface area contributed by atoms with Gasteiger partial charge in [-0.1, -0.05) is 288 Å². The second-order valence-electron chi connectivity index (χ2n) is 22.3. The summed E-state index contributed by atoms with van der Waals surface area (Å²) in [5, 5.41) is 9.53. The van der Waals surface area contributed by atoms with Crippen LogP contribution in [0.2, 0.25) is 0 Å². The molecule has 0 atom stereocenters. The Bertz CT molecular complexity index is 2180. The van der Waals surface area contributed by atoms with Crippen molar-refractivity contribution < 1.29 is 28.8 Å². The van der Waals surface area contributed by atoms with Crippen molar-refractivity contribution in [3.05, 3.63) is 81.9 Å². The van der Waals surface area contributed by atoms with Gasteiger partial charge in [0.1, 0.15) is 23.0 Å². The van der Waals surface area contributed by atoms with E-state index in [9.17, 15) is 9.90 Å². The normalized spacial score (nSPS) is 10.9. The van der Waals surface area contributed by atoms with Gasteiger partial charge in [0.2, 0.25) is 0 Å². The van der Waals surface area contributed by atoms with Gasteiger partial charge in [-0.2, -0.15) is 0 Å². The number of rotatable bonds is 49. The van der Waals surface area contributed by atoms with Crippen molar-refractivity contribution in [3.63, 3.8) is 0 Å². The minimum absolute atomic E-state index is 0.228. The molecule has 0 aliphatic rings. The molecule has 3 aromatic carbocycles. The van der Waals surface area contributed by atoms with Gasteiger partial charge in [0.25, 0.3) is 0 Å². The first-order valence-electron chi connectivity index (χ1n) is 32.6. The van der Waals surface area contributed by atoms with E-state index < -0.39 is 5.97 Å². The topological polar surface area (TPSA) is 74.2 Å². The third-order valence-electron chi connectivity index (χ3n) is 15.1. The quantitative estimate of drug-likeness (QED) is 0.0449. The van der Waals surface area contributed by atoms with Crippen LogP contribution in [-0.4, -0.2) is 37.5 Å². The molecule has 0 radical (unpaired) electrons. The van der Waals surface area contributed by atoms with Gasteiger partial charge in [-0.25, -0.2) is 4.79 Å². The molecule has 0 saturated carbocycles. The maximum absolute atomic E-state index is 11.6. The molecular formula is C73H110O6. The first-order chi connectivity index (χ1) is 38.9. The Kier molecular flexibility index (Phi) is 41.3. The lowest BCUT2D eigenvalue weighted by atomic mass is 10.1. The van der Waals surface area contributed by atoms with Crippen LogP contribution < -0.4 is 18.9 Å². The molecule has 0 unspecified atom stereocenters. The number of unbranched alkanes of at least 4 members (excludes halogenated alkanes) is 36. The molecule has 0 aliphatic carbocycles. The number of ether oxygens (including phenoxy) is 4. The fourth-order valence-electron chi connectivity index (χ4n) is 10.1. The van der Waals surface area contributed by atoms with Gasteiger partial charge in [-0.3, -0.25) is 0 Å². The molecule has 0 bridgehead atoms. The first kappa shape index (κ1) is 68.3. The smallest absolute Gasteiger partial charge is 0.335 e. The van der Waals surface area contributed by atoms with E-state index in [-0.39, 0.29) is 5.56 Å². The molecule has 0 saturated heterocycles. The van der Waals surface area contributed by atoms with E-state index in [4.69, 9.17) is 25.4 Å². The highest BCUT2D eigenvalue weighted by molar-refractivity contribution is 5.87. The SMILES string of the molecule is C#Cc1cc(OCCCCCCCCCCCC)c(C#Cc2cc(OCCCCCCCCCCCC)c(C#Cc3ccc(C(=O)O)cc3)cc2OCCCCCCCCCCCC)cc1OCCCCCCCCCCCC. The predicted octanol–water partition coefficient (Wildman–Crippen LogP) is 21.4. The summed E-state index contributed by atoms with van der Waals surface area (Å²) in [6.07, 6.45) is 56.2. The second-order valence-corrected chi connectivity index (χ2v) is 22.3. The van der Waals surface area contributed by atoms with Crippen LogP contribution in [0.5, 0.6) is 23.0 Å². The summed E-state index contributed by atoms with van der Waals surface area (Å²) in [5.41, 5.74) is 3.78. The van der Waals surface area contributed by atoms with E-state index in [0.29, 0.717) is 66.1 Å². The largest absolute Gasteiger partial charge is 0.492 e. The molecule has 1 N–H and O–H groups in total.